The molecule has 1 aromatic rings. The molecule has 1 aliphatic carbocycles. The van der Waals surface area contributed by atoms with Gasteiger partial charge >= 0.3 is 0 Å². The monoisotopic (exact) mass is 313 g/mol. The lowest BCUT2D eigenvalue weighted by Crippen LogP contribution is -2.33. The van der Waals surface area contributed by atoms with Gasteiger partial charge < -0.3 is 9.47 Å². The van der Waals surface area contributed by atoms with Crippen LogP contribution < -0.4 is 14.2 Å². The third-order valence-corrected chi connectivity index (χ3v) is 5.48. The minimum absolute atomic E-state index is 0.0969. The Labute approximate surface area is 126 Å². The summed E-state index contributed by atoms with van der Waals surface area (Å²) >= 11 is 0. The van der Waals surface area contributed by atoms with Crippen molar-refractivity contribution in [3.63, 3.8) is 0 Å². The van der Waals surface area contributed by atoms with E-state index in [1.54, 1.807) is 14.2 Å². The highest BCUT2D eigenvalue weighted by Gasteiger charge is 2.45. The second-order valence-corrected chi connectivity index (χ2v) is 7.42. The van der Waals surface area contributed by atoms with E-state index in [1.807, 2.05) is 25.1 Å². The molecule has 2 rings (SSSR count). The molecule has 21 heavy (non-hydrogen) atoms. The molecule has 0 unspecified atom stereocenters. The van der Waals surface area contributed by atoms with Crippen LogP contribution in [-0.2, 0) is 15.4 Å². The van der Waals surface area contributed by atoms with Crippen LogP contribution in [0.5, 0.6) is 11.5 Å². The van der Waals surface area contributed by atoms with E-state index >= 15 is 0 Å². The summed E-state index contributed by atoms with van der Waals surface area (Å²) in [7, 11) is 0.0355. The maximum atomic E-state index is 11.8. The van der Waals surface area contributed by atoms with E-state index in [0.29, 0.717) is 24.5 Å². The number of nitrogens with one attached hydrogen (secondary N) is 1. The summed E-state index contributed by atoms with van der Waals surface area (Å²) < 4.78 is 36.9. The molecule has 1 aliphatic rings. The Bertz CT molecular complexity index is 594. The minimum Gasteiger partial charge on any atom is -0.493 e. The van der Waals surface area contributed by atoms with Crippen molar-refractivity contribution in [2.45, 2.75) is 31.6 Å². The van der Waals surface area contributed by atoms with Gasteiger partial charge in [0.05, 0.1) is 20.0 Å². The molecule has 0 radical (unpaired) electrons. The summed E-state index contributed by atoms with van der Waals surface area (Å²) in [6, 6.07) is 5.80. The van der Waals surface area contributed by atoms with Gasteiger partial charge in [-0.1, -0.05) is 13.0 Å². The molecule has 0 saturated heterocycles. The van der Waals surface area contributed by atoms with Crippen molar-refractivity contribution in [3.05, 3.63) is 23.8 Å². The molecule has 1 saturated carbocycles. The molecule has 1 aromatic carbocycles. The molecule has 118 valence electrons. The third-order valence-electron chi connectivity index (χ3n) is 3.95. The summed E-state index contributed by atoms with van der Waals surface area (Å²) in [6.07, 6.45) is 2.59. The molecule has 0 aromatic heterocycles. The van der Waals surface area contributed by atoms with E-state index < -0.39 is 10.0 Å². The van der Waals surface area contributed by atoms with Gasteiger partial charge in [-0.25, -0.2) is 13.1 Å². The summed E-state index contributed by atoms with van der Waals surface area (Å²) in [4.78, 5) is 0. The standard InChI is InChI=1S/C15H23NO4S/c1-4-9-21(17,18)16-11-15(7-8-15)12-5-6-13(19-2)14(10-12)20-3/h5-6,10,16H,4,7-9,11H2,1-3H3. The number of methoxy groups -OCH3 is 2. The lowest BCUT2D eigenvalue weighted by Gasteiger charge is -2.18. The maximum absolute atomic E-state index is 11.8. The molecule has 0 spiro atoms. The molecule has 0 heterocycles. The zero-order valence-corrected chi connectivity index (χ0v) is 13.6. The van der Waals surface area contributed by atoms with Crippen molar-refractivity contribution in [1.29, 1.82) is 0 Å². The average Bonchev–Trinajstić information content (AvgIpc) is 3.26. The van der Waals surface area contributed by atoms with Gasteiger partial charge in [0.15, 0.2) is 11.5 Å². The van der Waals surface area contributed by atoms with E-state index in [9.17, 15) is 8.42 Å². The number of hydrogen-bond acceptors (Lipinski definition) is 4. The number of sulfonamides is 1. The lowest BCUT2D eigenvalue weighted by molar-refractivity contribution is 0.354. The Morgan fingerprint density at radius 1 is 1.19 bits per heavy atom. The quantitative estimate of drug-likeness (QED) is 0.798. The van der Waals surface area contributed by atoms with Crippen LogP contribution in [0.15, 0.2) is 18.2 Å². The van der Waals surface area contributed by atoms with Crippen LogP contribution in [0.25, 0.3) is 0 Å². The van der Waals surface area contributed by atoms with Gasteiger partial charge in [0.2, 0.25) is 10.0 Å². The van der Waals surface area contributed by atoms with Crippen LogP contribution in [0.1, 0.15) is 31.7 Å². The van der Waals surface area contributed by atoms with Gasteiger partial charge in [-0.05, 0) is 37.0 Å². The van der Waals surface area contributed by atoms with Crippen molar-refractivity contribution in [3.8, 4) is 11.5 Å². The normalized spacial score (nSPS) is 16.5. The van der Waals surface area contributed by atoms with E-state index in [1.165, 1.54) is 0 Å². The Hall–Kier alpha value is -1.27. The Morgan fingerprint density at radius 2 is 1.86 bits per heavy atom. The fourth-order valence-corrected chi connectivity index (χ4v) is 3.65. The van der Waals surface area contributed by atoms with E-state index in [0.717, 1.165) is 18.4 Å². The van der Waals surface area contributed by atoms with Gasteiger partial charge in [0.25, 0.3) is 0 Å². The van der Waals surface area contributed by atoms with Gasteiger partial charge in [-0.3, -0.25) is 0 Å². The summed E-state index contributed by atoms with van der Waals surface area (Å²) in [5, 5.41) is 0. The zero-order chi connectivity index (χ0) is 15.5. The topological polar surface area (TPSA) is 64.6 Å². The number of ether oxygens (including phenoxy) is 2. The largest absolute Gasteiger partial charge is 0.493 e. The second kappa shape index (κ2) is 6.23. The fraction of sp³-hybridized carbons (Fsp3) is 0.600. The summed E-state index contributed by atoms with van der Waals surface area (Å²) in [6.45, 7) is 2.31. The van der Waals surface area contributed by atoms with Crippen LogP contribution >= 0.6 is 0 Å². The number of rotatable bonds is 8. The van der Waals surface area contributed by atoms with E-state index in [4.69, 9.17) is 9.47 Å². The molecule has 0 atom stereocenters. The Balaban J connectivity index is 2.14. The van der Waals surface area contributed by atoms with Crippen molar-refractivity contribution >= 4 is 10.0 Å². The smallest absolute Gasteiger partial charge is 0.211 e. The molecule has 6 heteroatoms. The van der Waals surface area contributed by atoms with Crippen molar-refractivity contribution in [2.75, 3.05) is 26.5 Å². The predicted octanol–water partition coefficient (Wildman–Crippen LogP) is 2.06. The molecular formula is C15H23NO4S. The molecule has 1 fully saturated rings. The van der Waals surface area contributed by atoms with E-state index in [-0.39, 0.29) is 11.2 Å². The summed E-state index contributed by atoms with van der Waals surface area (Å²) in [5.41, 5.74) is 1.000. The molecular weight excluding hydrogens is 290 g/mol. The molecule has 5 nitrogen and oxygen atoms in total. The Morgan fingerprint density at radius 3 is 2.38 bits per heavy atom. The van der Waals surface area contributed by atoms with Crippen LogP contribution in [0.4, 0.5) is 0 Å². The number of hydrogen-bond donors (Lipinski definition) is 1. The first-order valence-electron chi connectivity index (χ1n) is 7.16. The first kappa shape index (κ1) is 16.1. The van der Waals surface area contributed by atoms with Crippen molar-refractivity contribution < 1.29 is 17.9 Å². The van der Waals surface area contributed by atoms with Gasteiger partial charge in [-0.2, -0.15) is 0 Å². The molecule has 0 aliphatic heterocycles. The zero-order valence-electron chi connectivity index (χ0n) is 12.8. The first-order valence-corrected chi connectivity index (χ1v) is 8.81. The summed E-state index contributed by atoms with van der Waals surface area (Å²) in [5.74, 6) is 1.54. The van der Waals surface area contributed by atoms with Crippen molar-refractivity contribution in [1.82, 2.24) is 4.72 Å². The third kappa shape index (κ3) is 3.68. The van der Waals surface area contributed by atoms with Crippen LogP contribution in [0.3, 0.4) is 0 Å². The van der Waals surface area contributed by atoms with Gasteiger partial charge in [-0.15, -0.1) is 0 Å². The average molecular weight is 313 g/mol. The highest BCUT2D eigenvalue weighted by atomic mass is 32.2. The van der Waals surface area contributed by atoms with Gasteiger partial charge in [0.1, 0.15) is 0 Å². The fourth-order valence-electron chi connectivity index (χ4n) is 2.47. The SMILES string of the molecule is CCCS(=O)(=O)NCC1(c2ccc(OC)c(OC)c2)CC1. The van der Waals surface area contributed by atoms with Crippen molar-refractivity contribution in [2.24, 2.45) is 0 Å². The highest BCUT2D eigenvalue weighted by molar-refractivity contribution is 7.89. The molecule has 1 N–H and O–H groups in total. The number of benzene rings is 1. The Kier molecular flexibility index (Phi) is 4.78. The second-order valence-electron chi connectivity index (χ2n) is 5.49. The predicted molar refractivity (Wildman–Crippen MR) is 82.5 cm³/mol. The van der Waals surface area contributed by atoms with E-state index in [2.05, 4.69) is 4.72 Å². The minimum atomic E-state index is -3.17. The first-order chi connectivity index (χ1) is 9.96. The lowest BCUT2D eigenvalue weighted by atomic mass is 9.96. The highest BCUT2D eigenvalue weighted by Crippen LogP contribution is 2.49. The van der Waals surface area contributed by atoms with Crippen LogP contribution in [0, 0.1) is 0 Å². The molecule has 0 amide bonds. The maximum Gasteiger partial charge on any atom is 0.211 e. The van der Waals surface area contributed by atoms with Crippen LogP contribution in [0.2, 0.25) is 0 Å². The van der Waals surface area contributed by atoms with Crippen LogP contribution in [-0.4, -0.2) is 34.9 Å². The van der Waals surface area contributed by atoms with Gasteiger partial charge in [0, 0.05) is 12.0 Å². The molecule has 0 bridgehead atoms.